The van der Waals surface area contributed by atoms with Gasteiger partial charge in [0.1, 0.15) is 12.4 Å². The van der Waals surface area contributed by atoms with E-state index in [-0.39, 0.29) is 11.3 Å². The number of rotatable bonds is 10. The number of nitrogens with zero attached hydrogens (tertiary/aromatic N) is 2. The number of ketones is 1. The molecular weight excluding hydrogens is 460 g/mol. The Bertz CT molecular complexity index is 1120. The molecule has 1 N–H and O–H groups in total. The van der Waals surface area contributed by atoms with E-state index in [9.17, 15) is 14.7 Å². The standard InChI is InChI=1S/C28H32N2O6/c1-3-16-36-22-11-10-21(19-23(22)34-2)25-24(26(31)20-8-5-4-6-9-20)27(32)28(33)30(25)13-7-12-29-14-17-35-18-15-29/h3-6,8-11,19,25,31H,1,7,12-18H2,2H3. The van der Waals surface area contributed by atoms with E-state index in [1.54, 1.807) is 53.4 Å². The van der Waals surface area contributed by atoms with Crippen LogP contribution in [0.3, 0.4) is 0 Å². The highest BCUT2D eigenvalue weighted by Crippen LogP contribution is 2.42. The van der Waals surface area contributed by atoms with E-state index in [2.05, 4.69) is 11.5 Å². The minimum atomic E-state index is -0.753. The summed E-state index contributed by atoms with van der Waals surface area (Å²) < 4.78 is 16.6. The summed E-state index contributed by atoms with van der Waals surface area (Å²) in [5.41, 5.74) is 1.20. The molecule has 8 heteroatoms. The maximum absolute atomic E-state index is 13.2. The van der Waals surface area contributed by atoms with Crippen molar-refractivity contribution in [3.63, 3.8) is 0 Å². The van der Waals surface area contributed by atoms with E-state index in [4.69, 9.17) is 14.2 Å². The Labute approximate surface area is 211 Å². The maximum Gasteiger partial charge on any atom is 0.295 e. The molecule has 2 fully saturated rings. The lowest BCUT2D eigenvalue weighted by Crippen LogP contribution is -2.39. The molecule has 0 aliphatic carbocycles. The van der Waals surface area contributed by atoms with Gasteiger partial charge in [0.2, 0.25) is 0 Å². The minimum absolute atomic E-state index is 0.0689. The minimum Gasteiger partial charge on any atom is -0.507 e. The van der Waals surface area contributed by atoms with Crippen molar-refractivity contribution >= 4 is 17.4 Å². The molecule has 0 aromatic heterocycles. The third-order valence-corrected chi connectivity index (χ3v) is 6.42. The molecule has 36 heavy (non-hydrogen) atoms. The van der Waals surface area contributed by atoms with Crippen LogP contribution in [-0.4, -0.2) is 79.7 Å². The van der Waals surface area contributed by atoms with Gasteiger partial charge in [-0.2, -0.15) is 0 Å². The predicted octanol–water partition coefficient (Wildman–Crippen LogP) is 3.40. The molecular formula is C28H32N2O6. The third-order valence-electron chi connectivity index (χ3n) is 6.42. The van der Waals surface area contributed by atoms with Gasteiger partial charge in [0.05, 0.1) is 31.9 Å². The summed E-state index contributed by atoms with van der Waals surface area (Å²) in [5.74, 6) is -0.522. The van der Waals surface area contributed by atoms with E-state index in [1.807, 2.05) is 6.07 Å². The Morgan fingerprint density at radius 2 is 1.86 bits per heavy atom. The van der Waals surface area contributed by atoms with Crippen LogP contribution in [0.4, 0.5) is 0 Å². The Morgan fingerprint density at radius 1 is 1.11 bits per heavy atom. The number of methoxy groups -OCH3 is 1. The van der Waals surface area contributed by atoms with Crippen LogP contribution in [0.1, 0.15) is 23.6 Å². The van der Waals surface area contributed by atoms with Crippen molar-refractivity contribution in [2.45, 2.75) is 12.5 Å². The van der Waals surface area contributed by atoms with E-state index >= 15 is 0 Å². The van der Waals surface area contributed by atoms with E-state index in [1.165, 1.54) is 7.11 Å². The van der Waals surface area contributed by atoms with Crippen LogP contribution < -0.4 is 9.47 Å². The number of ether oxygens (including phenoxy) is 3. The van der Waals surface area contributed by atoms with Gasteiger partial charge in [-0.25, -0.2) is 0 Å². The van der Waals surface area contributed by atoms with Crippen LogP contribution in [0.2, 0.25) is 0 Å². The fourth-order valence-corrected chi connectivity index (χ4v) is 4.62. The molecule has 0 saturated carbocycles. The van der Waals surface area contributed by atoms with Gasteiger partial charge < -0.3 is 24.2 Å². The molecule has 2 heterocycles. The molecule has 2 aromatic carbocycles. The predicted molar refractivity (Wildman–Crippen MR) is 136 cm³/mol. The fourth-order valence-electron chi connectivity index (χ4n) is 4.62. The quantitative estimate of drug-likeness (QED) is 0.235. The zero-order valence-corrected chi connectivity index (χ0v) is 20.5. The monoisotopic (exact) mass is 492 g/mol. The molecule has 2 aliphatic heterocycles. The first kappa shape index (κ1) is 25.5. The second kappa shape index (κ2) is 11.9. The molecule has 4 rings (SSSR count). The third kappa shape index (κ3) is 5.45. The first-order chi connectivity index (χ1) is 17.5. The van der Waals surface area contributed by atoms with Crippen LogP contribution >= 0.6 is 0 Å². The van der Waals surface area contributed by atoms with Crippen molar-refractivity contribution in [3.05, 3.63) is 77.9 Å². The number of hydrogen-bond acceptors (Lipinski definition) is 7. The molecule has 190 valence electrons. The Morgan fingerprint density at radius 3 is 2.56 bits per heavy atom. The number of aliphatic hydroxyl groups is 1. The molecule has 0 spiro atoms. The highest BCUT2D eigenvalue weighted by atomic mass is 16.5. The number of carbonyl (C=O) groups excluding carboxylic acids is 2. The van der Waals surface area contributed by atoms with E-state index in [0.29, 0.717) is 55.4 Å². The Kier molecular flexibility index (Phi) is 8.40. The smallest absolute Gasteiger partial charge is 0.295 e. The van der Waals surface area contributed by atoms with E-state index < -0.39 is 17.7 Å². The summed E-state index contributed by atoms with van der Waals surface area (Å²) in [6.07, 6.45) is 2.32. The number of aliphatic hydroxyl groups excluding tert-OH is 1. The zero-order valence-electron chi connectivity index (χ0n) is 20.5. The lowest BCUT2D eigenvalue weighted by atomic mass is 9.95. The topological polar surface area (TPSA) is 88.5 Å². The van der Waals surface area contributed by atoms with Crippen LogP contribution in [0.5, 0.6) is 11.5 Å². The molecule has 1 atom stereocenters. The van der Waals surface area contributed by atoms with Crippen molar-refractivity contribution in [2.75, 3.05) is 53.1 Å². The number of likely N-dealkylation sites (tertiary alicyclic amines) is 1. The van der Waals surface area contributed by atoms with Crippen LogP contribution in [0, 0.1) is 0 Å². The molecule has 8 nitrogen and oxygen atoms in total. The average molecular weight is 493 g/mol. The maximum atomic E-state index is 13.2. The van der Waals surface area contributed by atoms with Crippen molar-refractivity contribution in [1.29, 1.82) is 0 Å². The number of carbonyl (C=O) groups is 2. The molecule has 0 radical (unpaired) electrons. The number of Topliss-reactive ketones (excluding diaryl/α,β-unsaturated/α-hetero) is 1. The van der Waals surface area contributed by atoms with Gasteiger partial charge in [0, 0.05) is 31.7 Å². The highest BCUT2D eigenvalue weighted by Gasteiger charge is 2.46. The van der Waals surface area contributed by atoms with Crippen molar-refractivity contribution in [3.8, 4) is 11.5 Å². The normalized spacial score (nSPS) is 19.9. The van der Waals surface area contributed by atoms with Gasteiger partial charge >= 0.3 is 0 Å². The van der Waals surface area contributed by atoms with E-state index in [0.717, 1.165) is 19.6 Å². The summed E-state index contributed by atoms with van der Waals surface area (Å²) in [7, 11) is 1.53. The Balaban J connectivity index is 1.70. The van der Waals surface area contributed by atoms with Gasteiger partial charge in [0.15, 0.2) is 11.5 Å². The lowest BCUT2D eigenvalue weighted by molar-refractivity contribution is -0.140. The molecule has 0 bridgehead atoms. The second-order valence-electron chi connectivity index (χ2n) is 8.68. The molecule has 1 amide bonds. The summed E-state index contributed by atoms with van der Waals surface area (Å²) in [5, 5.41) is 11.2. The number of hydrogen-bond donors (Lipinski definition) is 1. The first-order valence-corrected chi connectivity index (χ1v) is 12.1. The Hall–Kier alpha value is -3.62. The van der Waals surface area contributed by atoms with Gasteiger partial charge in [-0.05, 0) is 24.1 Å². The summed E-state index contributed by atoms with van der Waals surface area (Å²) >= 11 is 0. The van der Waals surface area contributed by atoms with Crippen molar-refractivity contribution in [1.82, 2.24) is 9.80 Å². The van der Waals surface area contributed by atoms with Crippen LogP contribution in [0.25, 0.3) is 5.76 Å². The second-order valence-corrected chi connectivity index (χ2v) is 8.68. The SMILES string of the molecule is C=CCOc1ccc(C2C(=C(O)c3ccccc3)C(=O)C(=O)N2CCCN2CCOCC2)cc1OC. The lowest BCUT2D eigenvalue weighted by Gasteiger charge is -2.29. The van der Waals surface area contributed by atoms with Gasteiger partial charge in [-0.1, -0.05) is 49.1 Å². The number of benzene rings is 2. The summed E-state index contributed by atoms with van der Waals surface area (Å²) in [6.45, 7) is 8.22. The molecule has 2 saturated heterocycles. The summed E-state index contributed by atoms with van der Waals surface area (Å²) in [4.78, 5) is 30.3. The van der Waals surface area contributed by atoms with Crippen LogP contribution in [0.15, 0.2) is 66.8 Å². The zero-order chi connectivity index (χ0) is 25.5. The molecule has 1 unspecified atom stereocenters. The van der Waals surface area contributed by atoms with Crippen molar-refractivity contribution in [2.24, 2.45) is 0 Å². The average Bonchev–Trinajstić information content (AvgIpc) is 3.17. The summed E-state index contributed by atoms with van der Waals surface area (Å²) in [6, 6.07) is 13.3. The van der Waals surface area contributed by atoms with Crippen LogP contribution in [-0.2, 0) is 14.3 Å². The highest BCUT2D eigenvalue weighted by molar-refractivity contribution is 6.46. The van der Waals surface area contributed by atoms with Gasteiger partial charge in [-0.15, -0.1) is 0 Å². The fraction of sp³-hybridized carbons (Fsp3) is 0.357. The number of morpholine rings is 1. The van der Waals surface area contributed by atoms with Gasteiger partial charge in [0.25, 0.3) is 11.7 Å². The first-order valence-electron chi connectivity index (χ1n) is 12.1. The van der Waals surface area contributed by atoms with Crippen molar-refractivity contribution < 1.29 is 28.9 Å². The molecule has 2 aliphatic rings. The number of amides is 1. The largest absolute Gasteiger partial charge is 0.507 e. The molecule has 2 aromatic rings. The van der Waals surface area contributed by atoms with Gasteiger partial charge in [-0.3, -0.25) is 14.5 Å².